The minimum atomic E-state index is -3.89. The van der Waals surface area contributed by atoms with Crippen LogP contribution in [0.4, 0.5) is 0 Å². The van der Waals surface area contributed by atoms with Gasteiger partial charge in [0.25, 0.3) is 16.1 Å². The molecule has 0 saturated carbocycles. The molecular formula is C18H21N2O4S+. The van der Waals surface area contributed by atoms with Crippen molar-refractivity contribution in [1.82, 2.24) is 0 Å². The van der Waals surface area contributed by atoms with E-state index in [0.717, 1.165) is 17.3 Å². The molecule has 25 heavy (non-hydrogen) atoms. The van der Waals surface area contributed by atoms with E-state index in [1.165, 1.54) is 12.1 Å². The van der Waals surface area contributed by atoms with Crippen molar-refractivity contribution >= 4 is 22.2 Å². The summed E-state index contributed by atoms with van der Waals surface area (Å²) in [6, 6.07) is 9.03. The average molecular weight is 361 g/mol. The van der Waals surface area contributed by atoms with Gasteiger partial charge in [-0.3, -0.25) is 0 Å². The first-order valence-corrected chi connectivity index (χ1v) is 9.28. The molecule has 7 heteroatoms. The van der Waals surface area contributed by atoms with Crippen LogP contribution in [-0.2, 0) is 19.6 Å². The Labute approximate surface area is 147 Å². The van der Waals surface area contributed by atoms with Gasteiger partial charge in [0.1, 0.15) is 0 Å². The molecule has 1 aromatic heterocycles. The molecule has 0 saturated heterocycles. The number of hydrogen-bond acceptors (Lipinski definition) is 4. The van der Waals surface area contributed by atoms with Gasteiger partial charge in [-0.25, -0.2) is 4.79 Å². The summed E-state index contributed by atoms with van der Waals surface area (Å²) < 4.78 is 35.0. The van der Waals surface area contributed by atoms with Crippen molar-refractivity contribution in [2.24, 2.45) is 4.40 Å². The van der Waals surface area contributed by atoms with E-state index in [1.807, 2.05) is 26.0 Å². The Morgan fingerprint density at radius 1 is 1.12 bits per heavy atom. The first-order chi connectivity index (χ1) is 11.8. The van der Waals surface area contributed by atoms with Gasteiger partial charge < -0.3 is 4.74 Å². The second-order valence-electron chi connectivity index (χ2n) is 5.56. The van der Waals surface area contributed by atoms with Gasteiger partial charge in [0.2, 0.25) is 0 Å². The van der Waals surface area contributed by atoms with Crippen LogP contribution in [0.1, 0.15) is 24.1 Å². The number of carbonyl (C=O) groups excluding carboxylic acids is 1. The van der Waals surface area contributed by atoms with Crippen LogP contribution in [0.25, 0.3) is 0 Å². The molecule has 0 aliphatic carbocycles. The largest absolute Gasteiger partial charge is 0.461 e. The maximum Gasteiger partial charge on any atom is 0.382 e. The molecule has 1 heterocycles. The first kappa shape index (κ1) is 18.8. The smallest absolute Gasteiger partial charge is 0.382 e. The molecule has 0 spiro atoms. The van der Waals surface area contributed by atoms with Gasteiger partial charge in [0, 0.05) is 12.1 Å². The molecule has 1 aromatic carbocycles. The number of nitrogens with zero attached hydrogens (tertiary/aromatic N) is 2. The van der Waals surface area contributed by atoms with Crippen molar-refractivity contribution in [2.75, 3.05) is 6.61 Å². The number of sulfonamides is 1. The highest BCUT2D eigenvalue weighted by molar-refractivity contribution is 7.90. The third kappa shape index (κ3) is 4.96. The summed E-state index contributed by atoms with van der Waals surface area (Å²) in [4.78, 5) is 12.3. The zero-order valence-corrected chi connectivity index (χ0v) is 15.2. The van der Waals surface area contributed by atoms with Crippen LogP contribution in [0, 0.1) is 13.8 Å². The number of esters is 1. The Balaban J connectivity index is 2.34. The predicted molar refractivity (Wildman–Crippen MR) is 93.9 cm³/mol. The first-order valence-electron chi connectivity index (χ1n) is 7.84. The molecule has 0 aliphatic heterocycles. The lowest BCUT2D eigenvalue weighted by Crippen LogP contribution is -2.45. The van der Waals surface area contributed by atoms with E-state index in [2.05, 4.69) is 4.40 Å². The number of hydrogen-bond donors (Lipinski definition) is 0. The third-order valence-electron chi connectivity index (χ3n) is 3.53. The monoisotopic (exact) mass is 361 g/mol. The van der Waals surface area contributed by atoms with Crippen molar-refractivity contribution < 1.29 is 22.5 Å². The van der Waals surface area contributed by atoms with Gasteiger partial charge in [-0.05, 0) is 38.5 Å². The molecule has 2 aromatic rings. The molecule has 0 aliphatic rings. The highest BCUT2D eigenvalue weighted by Crippen LogP contribution is 2.13. The van der Waals surface area contributed by atoms with Crippen LogP contribution in [0.2, 0.25) is 0 Å². The van der Waals surface area contributed by atoms with E-state index < -0.39 is 22.0 Å². The molecule has 132 valence electrons. The van der Waals surface area contributed by atoms with Crippen molar-refractivity contribution in [1.29, 1.82) is 0 Å². The van der Waals surface area contributed by atoms with Crippen LogP contribution < -0.4 is 4.57 Å². The molecule has 0 bridgehead atoms. The fourth-order valence-corrected chi connectivity index (χ4v) is 2.97. The van der Waals surface area contributed by atoms with Gasteiger partial charge in [-0.15, -0.1) is 0 Å². The SMILES string of the molecule is CCOC(=O)C(C=NS(=O)(=O)c1ccc(C)cc1)[n+]1ccc(C)cc1. The zero-order chi connectivity index (χ0) is 18.4. The van der Waals surface area contributed by atoms with Crippen LogP contribution in [0.3, 0.4) is 0 Å². The van der Waals surface area contributed by atoms with Gasteiger partial charge >= 0.3 is 5.97 Å². The fraction of sp³-hybridized carbons (Fsp3) is 0.278. The van der Waals surface area contributed by atoms with E-state index in [9.17, 15) is 13.2 Å². The molecule has 1 unspecified atom stereocenters. The van der Waals surface area contributed by atoms with Crippen LogP contribution in [0.5, 0.6) is 0 Å². The van der Waals surface area contributed by atoms with E-state index >= 15 is 0 Å². The Kier molecular flexibility index (Phi) is 6.03. The van der Waals surface area contributed by atoms with E-state index in [0.29, 0.717) is 0 Å². The standard InChI is InChI=1S/C18H21N2O4S/c1-4-24-18(21)17(20-11-9-15(3)10-12-20)13-19-25(22,23)16-7-5-14(2)6-8-16/h5-13,17H,4H2,1-3H3/q+1. The fourth-order valence-electron chi connectivity index (χ4n) is 2.09. The minimum absolute atomic E-state index is 0.0749. The van der Waals surface area contributed by atoms with Gasteiger partial charge in [-0.2, -0.15) is 17.4 Å². The summed E-state index contributed by atoms with van der Waals surface area (Å²) in [5.41, 5.74) is 1.96. The number of ether oxygens (including phenoxy) is 1. The molecule has 0 N–H and O–H groups in total. The molecule has 2 rings (SSSR count). The number of carbonyl (C=O) groups is 1. The Hall–Kier alpha value is -2.54. The van der Waals surface area contributed by atoms with E-state index in [4.69, 9.17) is 4.74 Å². The topological polar surface area (TPSA) is 76.7 Å². The lowest BCUT2D eigenvalue weighted by Gasteiger charge is -2.07. The number of pyridine rings is 1. The maximum atomic E-state index is 12.4. The van der Waals surface area contributed by atoms with Gasteiger partial charge in [-0.1, -0.05) is 17.7 Å². The average Bonchev–Trinajstić information content (AvgIpc) is 2.57. The summed E-state index contributed by atoms with van der Waals surface area (Å²) in [5, 5.41) is 0. The molecule has 0 amide bonds. The maximum absolute atomic E-state index is 12.4. The minimum Gasteiger partial charge on any atom is -0.461 e. The van der Waals surface area contributed by atoms with Crippen molar-refractivity contribution in [3.8, 4) is 0 Å². The summed E-state index contributed by atoms with van der Waals surface area (Å²) in [6.45, 7) is 5.67. The molecule has 0 radical (unpaired) electrons. The molecule has 6 nitrogen and oxygen atoms in total. The second-order valence-corrected chi connectivity index (χ2v) is 7.19. The highest BCUT2D eigenvalue weighted by Gasteiger charge is 2.28. The summed E-state index contributed by atoms with van der Waals surface area (Å²) in [7, 11) is -3.89. The summed E-state index contributed by atoms with van der Waals surface area (Å²) >= 11 is 0. The van der Waals surface area contributed by atoms with Gasteiger partial charge in [0.15, 0.2) is 12.4 Å². The molecule has 1 atom stereocenters. The zero-order valence-electron chi connectivity index (χ0n) is 14.4. The lowest BCUT2D eigenvalue weighted by molar-refractivity contribution is -0.694. The Morgan fingerprint density at radius 3 is 2.24 bits per heavy atom. The third-order valence-corrected chi connectivity index (χ3v) is 4.80. The van der Waals surface area contributed by atoms with E-state index in [1.54, 1.807) is 36.0 Å². The summed E-state index contributed by atoms with van der Waals surface area (Å²) in [6.07, 6.45) is 4.46. The Bertz CT molecular complexity index is 857. The van der Waals surface area contributed by atoms with Crippen LogP contribution in [0.15, 0.2) is 58.1 Å². The number of aromatic nitrogens is 1. The number of rotatable bonds is 6. The quantitative estimate of drug-likeness (QED) is 0.449. The summed E-state index contributed by atoms with van der Waals surface area (Å²) in [5.74, 6) is -0.570. The van der Waals surface area contributed by atoms with E-state index in [-0.39, 0.29) is 11.5 Å². The molecular weight excluding hydrogens is 340 g/mol. The lowest BCUT2D eigenvalue weighted by atomic mass is 10.2. The second kappa shape index (κ2) is 8.02. The van der Waals surface area contributed by atoms with Crippen molar-refractivity contribution in [2.45, 2.75) is 31.7 Å². The molecule has 0 fully saturated rings. The van der Waals surface area contributed by atoms with Gasteiger partial charge in [0.05, 0.1) is 17.7 Å². The van der Waals surface area contributed by atoms with Crippen molar-refractivity contribution in [3.63, 3.8) is 0 Å². The van der Waals surface area contributed by atoms with Crippen LogP contribution >= 0.6 is 0 Å². The highest BCUT2D eigenvalue weighted by atomic mass is 32.2. The predicted octanol–water partition coefficient (Wildman–Crippen LogP) is 2.15. The van der Waals surface area contributed by atoms with Crippen LogP contribution in [-0.4, -0.2) is 27.2 Å². The number of benzene rings is 1. The normalized spacial score (nSPS) is 12.9. The number of aryl methyl sites for hydroxylation is 2. The van der Waals surface area contributed by atoms with Crippen molar-refractivity contribution in [3.05, 3.63) is 59.9 Å². The Morgan fingerprint density at radius 2 is 1.68 bits per heavy atom.